The fraction of sp³-hybridized carbons (Fsp3) is 0.509. The first-order chi connectivity index (χ1) is 39.3. The Morgan fingerprint density at radius 3 is 2.04 bits per heavy atom. The molecule has 0 radical (unpaired) electrons. The molecular weight excluding hydrogens is 1080 g/mol. The Labute approximate surface area is 471 Å². The average molecular weight is 1160 g/mol. The van der Waals surface area contributed by atoms with Crippen molar-refractivity contribution >= 4 is 70.0 Å². The van der Waals surface area contributed by atoms with E-state index < -0.39 is 103 Å². The standard InChI is InChI=1S/C53H74N10O19/c54-50(75)38(26-33-11-12-41(65)42(66)27-33)60-46(70)32-82-25-23-79-20-17-56-45(69)31-81-24-22-80-21-18-57-51(76)40(30-64)62-53(78)39(28-49(73)74)61-52(77)37(9-3-4-16-55-43(67)15-19-63-47(71)13-14-48(63)72)59-44(68)10-5-6-34-29-58-36-8-2-1-7-35(34)36/h1-2,7-8,11-14,27,29,37-40,45,56,58,64-66,69H,3-6,9-10,15-26,28,30-32H2,(H2,54,75)(H,55,67)(H,57,76)(H,59,68)(H,60,70)(H,61,77)(H,62,78)(H,73,74)/t37-,38?,39+,40+,45?/m1/s1. The number of primary amides is 1. The molecule has 450 valence electrons. The zero-order valence-electron chi connectivity index (χ0n) is 45.2. The molecule has 9 amide bonds. The van der Waals surface area contributed by atoms with Gasteiger partial charge in [0.25, 0.3) is 11.8 Å². The lowest BCUT2D eigenvalue weighted by Gasteiger charge is -2.24. The van der Waals surface area contributed by atoms with E-state index in [0.29, 0.717) is 24.8 Å². The summed E-state index contributed by atoms with van der Waals surface area (Å²) in [5, 5.41) is 67.5. The summed E-state index contributed by atoms with van der Waals surface area (Å²) >= 11 is 0. The van der Waals surface area contributed by atoms with Gasteiger partial charge in [0.1, 0.15) is 37.0 Å². The minimum atomic E-state index is -1.75. The maximum atomic E-state index is 13.8. The summed E-state index contributed by atoms with van der Waals surface area (Å²) in [6, 6.07) is 5.96. The van der Waals surface area contributed by atoms with Crippen molar-refractivity contribution in [1.82, 2.24) is 47.1 Å². The van der Waals surface area contributed by atoms with Gasteiger partial charge >= 0.3 is 5.97 Å². The molecule has 0 bridgehead atoms. The van der Waals surface area contributed by atoms with Crippen LogP contribution in [0.25, 0.3) is 10.9 Å². The summed E-state index contributed by atoms with van der Waals surface area (Å²) in [5.74, 6) is -8.45. The predicted octanol–water partition coefficient (Wildman–Crippen LogP) is -3.27. The molecule has 2 unspecified atom stereocenters. The Morgan fingerprint density at radius 2 is 1.33 bits per heavy atom. The number of aromatic amines is 1. The fourth-order valence-corrected chi connectivity index (χ4v) is 8.01. The first kappa shape index (κ1) is 66.5. The highest BCUT2D eigenvalue weighted by atomic mass is 16.5. The first-order valence-electron chi connectivity index (χ1n) is 26.5. The van der Waals surface area contributed by atoms with Crippen molar-refractivity contribution in [1.29, 1.82) is 0 Å². The van der Waals surface area contributed by atoms with Gasteiger partial charge in [-0.2, -0.15) is 0 Å². The second kappa shape index (κ2) is 36.3. The van der Waals surface area contributed by atoms with Crippen LogP contribution >= 0.6 is 0 Å². The monoisotopic (exact) mass is 1150 g/mol. The lowest BCUT2D eigenvalue weighted by atomic mass is 10.0. The predicted molar refractivity (Wildman–Crippen MR) is 289 cm³/mol. The first-order valence-corrected chi connectivity index (χ1v) is 26.5. The van der Waals surface area contributed by atoms with E-state index in [2.05, 4.69) is 42.2 Å². The number of carbonyl (C=O) groups is 10. The quantitative estimate of drug-likeness (QED) is 0.0115. The summed E-state index contributed by atoms with van der Waals surface area (Å²) in [5.41, 5.74) is 7.77. The molecule has 1 aromatic heterocycles. The number of aromatic nitrogens is 1. The number of carbonyl (C=O) groups excluding carboxylic acids is 9. The van der Waals surface area contributed by atoms with Crippen molar-refractivity contribution < 1.29 is 92.4 Å². The van der Waals surface area contributed by atoms with E-state index in [1.54, 1.807) is 0 Å². The van der Waals surface area contributed by atoms with Crippen LogP contribution in [0.5, 0.6) is 11.5 Å². The maximum absolute atomic E-state index is 13.8. The molecule has 2 heterocycles. The van der Waals surface area contributed by atoms with Gasteiger partial charge < -0.3 is 87.1 Å². The van der Waals surface area contributed by atoms with Crippen LogP contribution in [0.4, 0.5) is 0 Å². The number of imide groups is 1. The average Bonchev–Trinajstić information content (AvgIpc) is 4.01. The number of ether oxygens (including phenoxy) is 4. The smallest absolute Gasteiger partial charge is 0.305 e. The largest absolute Gasteiger partial charge is 0.504 e. The fourth-order valence-electron chi connectivity index (χ4n) is 8.01. The van der Waals surface area contributed by atoms with Crippen molar-refractivity contribution in [3.8, 4) is 11.5 Å². The van der Waals surface area contributed by atoms with E-state index in [9.17, 15) is 73.5 Å². The Balaban J connectivity index is 1.11. The van der Waals surface area contributed by atoms with Gasteiger partial charge in [0.15, 0.2) is 11.5 Å². The Morgan fingerprint density at radius 1 is 0.659 bits per heavy atom. The third kappa shape index (κ3) is 24.8. The van der Waals surface area contributed by atoms with Gasteiger partial charge in [-0.15, -0.1) is 0 Å². The van der Waals surface area contributed by atoms with E-state index in [4.69, 9.17) is 24.7 Å². The van der Waals surface area contributed by atoms with Crippen LogP contribution < -0.4 is 43.0 Å². The van der Waals surface area contributed by atoms with Gasteiger partial charge in [-0.3, -0.25) is 58.2 Å². The number of nitrogens with zero attached hydrogens (tertiary/aromatic N) is 1. The minimum absolute atomic E-state index is 0.00285. The van der Waals surface area contributed by atoms with E-state index in [0.717, 1.165) is 33.5 Å². The lowest BCUT2D eigenvalue weighted by molar-refractivity contribution is -0.141. The number of H-pyrrole nitrogens is 1. The number of para-hydroxylation sites is 1. The summed E-state index contributed by atoms with van der Waals surface area (Å²) < 4.78 is 21.5. The Kier molecular flexibility index (Phi) is 29.4. The molecule has 0 saturated heterocycles. The van der Waals surface area contributed by atoms with Crippen LogP contribution in [0.15, 0.2) is 60.8 Å². The molecule has 5 atom stereocenters. The minimum Gasteiger partial charge on any atom is -0.504 e. The number of aliphatic hydroxyl groups is 2. The molecule has 1 aliphatic heterocycles. The molecule has 4 rings (SSSR count). The van der Waals surface area contributed by atoms with Gasteiger partial charge in [-0.05, 0) is 61.4 Å². The Bertz CT molecular complexity index is 2630. The summed E-state index contributed by atoms with van der Waals surface area (Å²) in [7, 11) is 0. The van der Waals surface area contributed by atoms with Gasteiger partial charge in [0.05, 0.1) is 59.3 Å². The van der Waals surface area contributed by atoms with Crippen molar-refractivity contribution in [3.63, 3.8) is 0 Å². The highest BCUT2D eigenvalue weighted by Gasteiger charge is 2.31. The van der Waals surface area contributed by atoms with Crippen LogP contribution in [0, 0.1) is 0 Å². The number of nitrogens with two attached hydrogens (primary N) is 1. The number of unbranched alkanes of at least 4 members (excludes halogenated alkanes) is 1. The molecule has 29 heteroatoms. The normalized spacial score (nSPS) is 13.9. The van der Waals surface area contributed by atoms with E-state index >= 15 is 0 Å². The number of carboxylic acids is 1. The van der Waals surface area contributed by atoms with Crippen molar-refractivity contribution in [3.05, 3.63) is 71.9 Å². The number of fused-ring (bicyclic) bond motifs is 1. The van der Waals surface area contributed by atoms with Crippen molar-refractivity contribution in [2.45, 2.75) is 88.2 Å². The number of hydrogen-bond donors (Lipinski definition) is 14. The maximum Gasteiger partial charge on any atom is 0.305 e. The molecule has 1 aliphatic rings. The molecule has 0 fully saturated rings. The molecule has 2 aromatic carbocycles. The number of phenols is 2. The second-order valence-corrected chi connectivity index (χ2v) is 18.7. The number of phenolic OH excluding ortho intramolecular Hbond substituents is 2. The number of carboxylic acid groups (broad SMARTS) is 1. The number of hydrogen-bond acceptors (Lipinski definition) is 19. The molecule has 0 spiro atoms. The second-order valence-electron chi connectivity index (χ2n) is 18.7. The van der Waals surface area contributed by atoms with Crippen molar-refractivity contribution in [2.75, 3.05) is 85.6 Å². The summed E-state index contributed by atoms with van der Waals surface area (Å²) in [6.07, 6.45) is 3.49. The number of aryl methyl sites for hydroxylation is 1. The number of benzene rings is 2. The molecule has 15 N–H and O–H groups in total. The number of aliphatic carboxylic acids is 1. The van der Waals surface area contributed by atoms with Gasteiger partial charge in [0.2, 0.25) is 41.4 Å². The summed E-state index contributed by atoms with van der Waals surface area (Å²) in [4.78, 5) is 129. The van der Waals surface area contributed by atoms with Gasteiger partial charge in [-0.25, -0.2) is 0 Å². The SMILES string of the molecule is NC(=O)C(Cc1ccc(O)c(O)c1)NC(=O)COCCOCCNC(O)COCCOCCNC(=O)[C@H](CO)NC(=O)[C@H](CC(=O)O)NC(=O)[C@@H](CCCCNC(=O)CCN1C(=O)C=CC1=O)NC(=O)CCCc1c[nH]c2ccccc12. The van der Waals surface area contributed by atoms with E-state index in [1.807, 2.05) is 30.5 Å². The number of nitrogens with one attached hydrogen (secondary N) is 8. The zero-order chi connectivity index (χ0) is 59.8. The Hall–Kier alpha value is -8.06. The van der Waals surface area contributed by atoms with Gasteiger partial charge in [-0.1, -0.05) is 24.3 Å². The number of aromatic hydroxyl groups is 2. The van der Waals surface area contributed by atoms with E-state index in [1.165, 1.54) is 18.2 Å². The number of amides is 9. The van der Waals surface area contributed by atoms with Gasteiger partial charge in [0, 0.05) is 74.7 Å². The molecular formula is C53H74N10O19. The molecule has 82 heavy (non-hydrogen) atoms. The highest BCUT2D eigenvalue weighted by molar-refractivity contribution is 6.13. The third-order valence-electron chi connectivity index (χ3n) is 12.3. The third-order valence-corrected chi connectivity index (χ3v) is 12.3. The summed E-state index contributed by atoms with van der Waals surface area (Å²) in [6.45, 7) is -0.811. The van der Waals surface area contributed by atoms with Crippen LogP contribution in [0.2, 0.25) is 0 Å². The molecule has 0 aliphatic carbocycles. The number of aliphatic hydroxyl groups excluding tert-OH is 2. The molecule has 0 saturated carbocycles. The number of rotatable bonds is 42. The van der Waals surface area contributed by atoms with Crippen molar-refractivity contribution in [2.24, 2.45) is 5.73 Å². The van der Waals surface area contributed by atoms with Crippen LogP contribution in [0.3, 0.4) is 0 Å². The topological polar surface area (TPSA) is 438 Å². The van der Waals surface area contributed by atoms with Crippen LogP contribution in [-0.2, 0) is 79.7 Å². The molecule has 29 nitrogen and oxygen atoms in total. The lowest BCUT2D eigenvalue weighted by Crippen LogP contribution is -2.58. The zero-order valence-corrected chi connectivity index (χ0v) is 45.2. The highest BCUT2D eigenvalue weighted by Crippen LogP contribution is 2.25. The van der Waals surface area contributed by atoms with E-state index in [-0.39, 0.29) is 123 Å². The molecule has 3 aromatic rings. The van der Waals surface area contributed by atoms with Crippen LogP contribution in [0.1, 0.15) is 56.1 Å². The van der Waals surface area contributed by atoms with Crippen LogP contribution in [-0.4, -0.2) is 211 Å².